The Morgan fingerprint density at radius 1 is 0.717 bits per heavy atom. The molecule has 0 bridgehead atoms. The fourth-order valence-electron chi connectivity index (χ4n) is 10.3. The molecule has 3 aliphatic heterocycles. The minimum absolute atomic E-state index is 0.0578. The average molecular weight is 725 g/mol. The van der Waals surface area contributed by atoms with Crippen LogP contribution in [-0.4, -0.2) is 19.4 Å². The number of hydrogen-bond donors (Lipinski definition) is 0. The fourth-order valence-corrected chi connectivity index (χ4v) is 14.9. The number of aromatic nitrogens is 1. The van der Waals surface area contributed by atoms with E-state index < -0.39 is 8.07 Å². The molecule has 0 atom stereocenters. The Hall–Kier alpha value is -4.39. The first kappa shape index (κ1) is 32.1. The zero-order chi connectivity index (χ0) is 35.8. The van der Waals surface area contributed by atoms with Crippen molar-refractivity contribution in [2.45, 2.75) is 94.0 Å². The molecular formula is C47H45BN2OSSi. The SMILES string of the molecule is CC(C)(C)c1cc2c3c(c1)[Si](C)(C)c1cc(N4C5=C(CCCC5)Oc5ccccc54)ccc1B3c1ccc(-n3c4c(c5ccccc53)CCC4)cc1S2. The predicted molar refractivity (Wildman–Crippen MR) is 227 cm³/mol. The van der Waals surface area contributed by atoms with E-state index in [4.69, 9.17) is 4.74 Å². The maximum Gasteiger partial charge on any atom is 0.243 e. The Balaban J connectivity index is 1.12. The van der Waals surface area contributed by atoms with E-state index in [1.807, 2.05) is 11.8 Å². The lowest BCUT2D eigenvalue weighted by atomic mass is 9.36. The van der Waals surface area contributed by atoms with Gasteiger partial charge in [-0.2, -0.15) is 0 Å². The first-order chi connectivity index (χ1) is 25.7. The highest BCUT2D eigenvalue weighted by molar-refractivity contribution is 8.00. The van der Waals surface area contributed by atoms with Crippen LogP contribution < -0.4 is 36.4 Å². The number of ether oxygens (including phenoxy) is 1. The van der Waals surface area contributed by atoms with Gasteiger partial charge in [0.1, 0.15) is 13.8 Å². The summed E-state index contributed by atoms with van der Waals surface area (Å²) in [5, 5.41) is 4.62. The van der Waals surface area contributed by atoms with Gasteiger partial charge in [-0.05, 0) is 104 Å². The molecule has 0 saturated carbocycles. The number of aryl methyl sites for hydroxylation is 1. The van der Waals surface area contributed by atoms with Gasteiger partial charge in [0.15, 0.2) is 5.75 Å². The summed E-state index contributed by atoms with van der Waals surface area (Å²) in [4.78, 5) is 5.40. The molecular weight excluding hydrogens is 679 g/mol. The molecule has 0 spiro atoms. The number of benzene rings is 5. The number of allylic oxidation sites excluding steroid dienone is 2. The molecule has 6 aromatic rings. The van der Waals surface area contributed by atoms with E-state index in [1.54, 1.807) is 21.4 Å². The van der Waals surface area contributed by atoms with Crippen molar-refractivity contribution in [2.75, 3.05) is 4.90 Å². The standard InChI is InChI=1S/C47H45BN2OSSi/c1-47(2,3)29-25-43-46-45(26-29)53(4,5)44-28-31(50-38-16-8-10-19-40(38)51-41-20-11-9-17-39(41)50)22-24-35(44)48(46)34-23-21-30(27-42(34)52-43)49-36-15-7-6-13-32(36)33-14-12-18-37(33)49/h6-8,10,13,15-16,19,21-28H,9,11-12,14,17-18,20H2,1-5H3. The molecule has 3 nitrogen and oxygen atoms in total. The van der Waals surface area contributed by atoms with Crippen molar-refractivity contribution in [3.05, 3.63) is 125 Å². The Bertz CT molecular complexity index is 2590. The van der Waals surface area contributed by atoms with Crippen molar-refractivity contribution < 1.29 is 4.74 Å². The van der Waals surface area contributed by atoms with Gasteiger partial charge in [0.2, 0.25) is 6.71 Å². The molecule has 6 heteroatoms. The molecule has 53 heavy (non-hydrogen) atoms. The first-order valence-electron chi connectivity index (χ1n) is 19.7. The average Bonchev–Trinajstić information content (AvgIpc) is 3.76. The molecule has 5 aliphatic rings. The van der Waals surface area contributed by atoms with Gasteiger partial charge in [0.05, 0.1) is 16.9 Å². The topological polar surface area (TPSA) is 17.4 Å². The monoisotopic (exact) mass is 724 g/mol. The van der Waals surface area contributed by atoms with Crippen LogP contribution in [-0.2, 0) is 18.3 Å². The lowest BCUT2D eigenvalue weighted by Crippen LogP contribution is -2.77. The van der Waals surface area contributed by atoms with E-state index in [0.717, 1.165) is 36.5 Å². The van der Waals surface area contributed by atoms with Crippen LogP contribution >= 0.6 is 11.8 Å². The summed E-state index contributed by atoms with van der Waals surface area (Å²) in [6.45, 7) is 12.6. The van der Waals surface area contributed by atoms with Gasteiger partial charge in [0.25, 0.3) is 0 Å². The number of hydrogen-bond acceptors (Lipinski definition) is 3. The highest BCUT2D eigenvalue weighted by Crippen LogP contribution is 2.46. The number of para-hydroxylation sites is 3. The van der Waals surface area contributed by atoms with Crippen molar-refractivity contribution in [2.24, 2.45) is 0 Å². The van der Waals surface area contributed by atoms with Gasteiger partial charge < -0.3 is 14.2 Å². The maximum atomic E-state index is 6.55. The van der Waals surface area contributed by atoms with Crippen LogP contribution in [0, 0.1) is 0 Å². The van der Waals surface area contributed by atoms with E-state index in [-0.39, 0.29) is 12.1 Å². The third kappa shape index (κ3) is 4.61. The van der Waals surface area contributed by atoms with Gasteiger partial charge in [-0.25, -0.2) is 0 Å². The summed E-state index contributed by atoms with van der Waals surface area (Å²) in [6.07, 6.45) is 8.05. The van der Waals surface area contributed by atoms with E-state index >= 15 is 0 Å². The summed E-state index contributed by atoms with van der Waals surface area (Å²) >= 11 is 2.02. The lowest BCUT2D eigenvalue weighted by molar-refractivity contribution is 0.363. The summed E-state index contributed by atoms with van der Waals surface area (Å²) in [5.74, 6) is 2.13. The molecule has 0 radical (unpaired) electrons. The quantitative estimate of drug-likeness (QED) is 0.166. The molecule has 5 aromatic carbocycles. The Labute approximate surface area is 319 Å². The van der Waals surface area contributed by atoms with Gasteiger partial charge >= 0.3 is 0 Å². The molecule has 0 fully saturated rings. The van der Waals surface area contributed by atoms with Crippen molar-refractivity contribution in [3.8, 4) is 11.4 Å². The summed E-state index contributed by atoms with van der Waals surface area (Å²) in [6, 6.07) is 37.8. The Kier molecular flexibility index (Phi) is 6.85. The van der Waals surface area contributed by atoms with Crippen LogP contribution in [0.5, 0.6) is 5.75 Å². The Morgan fingerprint density at radius 3 is 2.40 bits per heavy atom. The van der Waals surface area contributed by atoms with E-state index in [1.165, 1.54) is 85.6 Å². The molecule has 4 heterocycles. The van der Waals surface area contributed by atoms with Crippen LogP contribution in [0.1, 0.15) is 69.7 Å². The molecule has 2 aliphatic carbocycles. The van der Waals surface area contributed by atoms with Crippen molar-refractivity contribution >= 4 is 75.6 Å². The minimum Gasteiger partial charge on any atom is -0.458 e. The van der Waals surface area contributed by atoms with E-state index in [9.17, 15) is 0 Å². The van der Waals surface area contributed by atoms with Gasteiger partial charge in [-0.3, -0.25) is 0 Å². The maximum absolute atomic E-state index is 6.55. The smallest absolute Gasteiger partial charge is 0.243 e. The van der Waals surface area contributed by atoms with Crippen LogP contribution in [0.25, 0.3) is 16.6 Å². The number of nitrogens with zero attached hydrogens (tertiary/aromatic N) is 2. The second kappa shape index (κ2) is 11.3. The molecule has 0 amide bonds. The van der Waals surface area contributed by atoms with Crippen LogP contribution in [0.3, 0.4) is 0 Å². The minimum atomic E-state index is -2.14. The van der Waals surface area contributed by atoms with E-state index in [0.29, 0.717) is 0 Å². The van der Waals surface area contributed by atoms with Crippen LogP contribution in [0.15, 0.2) is 118 Å². The fraction of sp³-hybridized carbons (Fsp3) is 0.277. The summed E-state index contributed by atoms with van der Waals surface area (Å²) in [5.41, 5.74) is 15.5. The molecule has 0 saturated heterocycles. The summed E-state index contributed by atoms with van der Waals surface area (Å²) < 4.78 is 9.13. The predicted octanol–water partition coefficient (Wildman–Crippen LogP) is 8.85. The van der Waals surface area contributed by atoms with Gasteiger partial charge in [0, 0.05) is 38.7 Å². The molecule has 0 N–H and O–H groups in total. The van der Waals surface area contributed by atoms with Crippen molar-refractivity contribution in [3.63, 3.8) is 0 Å². The highest BCUT2D eigenvalue weighted by atomic mass is 32.2. The van der Waals surface area contributed by atoms with Gasteiger partial charge in [-0.1, -0.05) is 121 Å². The molecule has 1 aromatic heterocycles. The molecule has 11 rings (SSSR count). The number of anilines is 2. The largest absolute Gasteiger partial charge is 0.458 e. The van der Waals surface area contributed by atoms with E-state index in [2.05, 4.69) is 140 Å². The lowest BCUT2D eigenvalue weighted by Gasteiger charge is -2.43. The van der Waals surface area contributed by atoms with Crippen LogP contribution in [0.4, 0.5) is 11.4 Å². The van der Waals surface area contributed by atoms with Crippen LogP contribution in [0.2, 0.25) is 13.1 Å². The summed E-state index contributed by atoms with van der Waals surface area (Å²) in [7, 11) is -2.14. The first-order valence-corrected chi connectivity index (χ1v) is 23.5. The third-order valence-electron chi connectivity index (χ3n) is 13.0. The molecule has 0 unspecified atom stereocenters. The Morgan fingerprint density at radius 2 is 1.51 bits per heavy atom. The number of rotatable bonds is 2. The second-order valence-electron chi connectivity index (χ2n) is 17.5. The zero-order valence-corrected chi connectivity index (χ0v) is 33.3. The number of fused-ring (bicyclic) bond motifs is 8. The highest BCUT2D eigenvalue weighted by Gasteiger charge is 2.46. The normalized spacial score (nSPS) is 17.8. The van der Waals surface area contributed by atoms with Gasteiger partial charge in [-0.15, -0.1) is 0 Å². The third-order valence-corrected chi connectivity index (χ3v) is 17.6. The van der Waals surface area contributed by atoms with Crippen molar-refractivity contribution in [1.82, 2.24) is 4.57 Å². The second-order valence-corrected chi connectivity index (χ2v) is 22.9. The molecule has 262 valence electrons. The zero-order valence-electron chi connectivity index (χ0n) is 31.5. The van der Waals surface area contributed by atoms with Crippen molar-refractivity contribution in [1.29, 1.82) is 0 Å².